The van der Waals surface area contributed by atoms with Gasteiger partial charge in [0.15, 0.2) is 17.2 Å². The summed E-state index contributed by atoms with van der Waals surface area (Å²) in [7, 11) is -8.33. The third kappa shape index (κ3) is 16.2. The van der Waals surface area contributed by atoms with E-state index >= 15 is 0 Å². The van der Waals surface area contributed by atoms with Crippen LogP contribution in [-0.2, 0) is 31.1 Å². The summed E-state index contributed by atoms with van der Waals surface area (Å²) >= 11 is 0. The van der Waals surface area contributed by atoms with Crippen LogP contribution >= 0.6 is 24.8 Å². The molecular formula is C18H15CrO9P3+3. The van der Waals surface area contributed by atoms with Crippen LogP contribution in [0.5, 0.6) is 17.2 Å². The molecule has 3 aromatic carbocycles. The largest absolute Gasteiger partial charge is 3.00 e. The maximum absolute atomic E-state index is 9.98. The van der Waals surface area contributed by atoms with Crippen molar-refractivity contribution < 1.29 is 59.3 Å². The first kappa shape index (κ1) is 28.8. The van der Waals surface area contributed by atoms with Crippen LogP contribution in [-0.4, -0.2) is 0 Å². The van der Waals surface area contributed by atoms with Gasteiger partial charge in [-0.2, -0.15) is 0 Å². The van der Waals surface area contributed by atoms with E-state index in [2.05, 4.69) is 13.6 Å². The quantitative estimate of drug-likeness (QED) is 0.447. The Labute approximate surface area is 192 Å². The zero-order chi connectivity index (χ0) is 22.2. The topological polar surface area (TPSA) is 148 Å². The van der Waals surface area contributed by atoms with E-state index in [1.807, 2.05) is 0 Å². The Hall–Kier alpha value is -2.23. The van der Waals surface area contributed by atoms with E-state index in [0.717, 1.165) is 0 Å². The van der Waals surface area contributed by atoms with Crippen molar-refractivity contribution in [2.75, 3.05) is 0 Å². The van der Waals surface area contributed by atoms with Crippen molar-refractivity contribution in [2.45, 2.75) is 0 Å². The molecule has 3 aromatic rings. The number of benzene rings is 3. The molecule has 0 aromatic heterocycles. The van der Waals surface area contributed by atoms with Crippen LogP contribution in [0.4, 0.5) is 0 Å². The molecule has 159 valence electrons. The monoisotopic (exact) mass is 520 g/mol. The Morgan fingerprint density at radius 3 is 0.806 bits per heavy atom. The van der Waals surface area contributed by atoms with Crippen LogP contribution in [0.2, 0.25) is 0 Å². The van der Waals surface area contributed by atoms with Crippen LogP contribution < -0.4 is 28.3 Å². The van der Waals surface area contributed by atoms with Gasteiger partial charge < -0.3 is 14.7 Å². The van der Waals surface area contributed by atoms with E-state index in [4.69, 9.17) is 0 Å². The van der Waals surface area contributed by atoms with Crippen LogP contribution in [0.15, 0.2) is 91.0 Å². The Kier molecular flexibility index (Phi) is 16.2. The molecular weight excluding hydrogens is 505 g/mol. The second-order valence-electron chi connectivity index (χ2n) is 4.88. The molecule has 0 saturated heterocycles. The summed E-state index contributed by atoms with van der Waals surface area (Å²) < 4.78 is 43.1. The first-order valence-electron chi connectivity index (χ1n) is 7.99. The van der Waals surface area contributed by atoms with Gasteiger partial charge in [-0.05, 0) is 50.1 Å². The van der Waals surface area contributed by atoms with Crippen molar-refractivity contribution >= 4 is 24.8 Å². The SMILES string of the molecule is O=[P+]([O-])Oc1ccccc1.O=[P+]([O-])Oc1ccccc1.O=[P+]([O-])Oc1ccccc1.[Cr+3]. The van der Waals surface area contributed by atoms with Crippen LogP contribution in [0.1, 0.15) is 0 Å². The summed E-state index contributed by atoms with van der Waals surface area (Å²) in [5.74, 6) is 1.04. The fourth-order valence-electron chi connectivity index (χ4n) is 1.70. The van der Waals surface area contributed by atoms with Gasteiger partial charge in [0.1, 0.15) is 0 Å². The van der Waals surface area contributed by atoms with E-state index in [9.17, 15) is 28.4 Å². The van der Waals surface area contributed by atoms with Crippen molar-refractivity contribution in [1.82, 2.24) is 0 Å². The molecule has 0 aliphatic carbocycles. The average Bonchev–Trinajstić information content (AvgIpc) is 2.70. The van der Waals surface area contributed by atoms with Crippen molar-refractivity contribution in [1.29, 1.82) is 0 Å². The van der Waals surface area contributed by atoms with Gasteiger partial charge in [0, 0.05) is 0 Å². The van der Waals surface area contributed by atoms with Crippen LogP contribution in [0.3, 0.4) is 0 Å². The van der Waals surface area contributed by atoms with Gasteiger partial charge in [0.25, 0.3) is 0 Å². The summed E-state index contributed by atoms with van der Waals surface area (Å²) in [6, 6.07) is 25.0. The Bertz CT molecular complexity index is 794. The fourth-order valence-corrected chi connectivity index (χ4v) is 2.58. The molecule has 0 heterocycles. The second-order valence-corrected chi connectivity index (χ2v) is 6.77. The minimum Gasteiger partial charge on any atom is -0.558 e. The third-order valence-electron chi connectivity index (χ3n) is 2.77. The molecule has 3 atom stereocenters. The fraction of sp³-hybridized carbons (Fsp3) is 0. The molecule has 0 aliphatic rings. The van der Waals surface area contributed by atoms with Gasteiger partial charge in [-0.15, -0.1) is 0 Å². The minimum atomic E-state index is -2.78. The molecule has 3 unspecified atom stereocenters. The maximum Gasteiger partial charge on any atom is 3.00 e. The van der Waals surface area contributed by atoms with Gasteiger partial charge in [0.2, 0.25) is 0 Å². The molecule has 0 amide bonds. The number of rotatable bonds is 6. The summed E-state index contributed by atoms with van der Waals surface area (Å²) in [4.78, 5) is 30.0. The molecule has 13 heteroatoms. The van der Waals surface area contributed by atoms with E-state index in [1.165, 1.54) is 0 Å². The van der Waals surface area contributed by atoms with Crippen LogP contribution in [0.25, 0.3) is 0 Å². The standard InChI is InChI=1S/3C6H5O3P.Cr/c3*7-10(8)9-6-4-2-1-3-5-6;/h3*1-5H;/q;;;+3. The molecule has 0 aliphatic heterocycles. The van der Waals surface area contributed by atoms with Crippen molar-refractivity contribution in [2.24, 2.45) is 0 Å². The summed E-state index contributed by atoms with van der Waals surface area (Å²) in [5.41, 5.74) is 0. The van der Waals surface area contributed by atoms with Crippen molar-refractivity contribution in [3.05, 3.63) is 91.0 Å². The summed E-state index contributed by atoms with van der Waals surface area (Å²) in [6.07, 6.45) is 0. The number of para-hydroxylation sites is 3. The van der Waals surface area contributed by atoms with Gasteiger partial charge >= 0.3 is 42.1 Å². The van der Waals surface area contributed by atoms with Crippen molar-refractivity contribution in [3.63, 3.8) is 0 Å². The second kappa shape index (κ2) is 17.5. The minimum absolute atomic E-state index is 0. The molecule has 1 radical (unpaired) electrons. The van der Waals surface area contributed by atoms with Gasteiger partial charge in [0.05, 0.1) is 0 Å². The molecule has 3 rings (SSSR count). The third-order valence-corrected chi connectivity index (χ3v) is 3.85. The van der Waals surface area contributed by atoms with E-state index in [0.29, 0.717) is 17.2 Å². The molecule has 0 bridgehead atoms. The molecule has 0 fully saturated rings. The summed E-state index contributed by atoms with van der Waals surface area (Å²) in [6.45, 7) is 0. The summed E-state index contributed by atoms with van der Waals surface area (Å²) in [5, 5.41) is 0. The zero-order valence-corrected chi connectivity index (χ0v) is 19.5. The zero-order valence-electron chi connectivity index (χ0n) is 15.6. The molecule has 31 heavy (non-hydrogen) atoms. The first-order chi connectivity index (χ1) is 14.4. The molecule has 0 spiro atoms. The Morgan fingerprint density at radius 1 is 0.452 bits per heavy atom. The van der Waals surface area contributed by atoms with Gasteiger partial charge in [-0.1, -0.05) is 54.6 Å². The smallest absolute Gasteiger partial charge is 0.558 e. The first-order valence-corrected chi connectivity index (χ1v) is 11.3. The van der Waals surface area contributed by atoms with Crippen molar-refractivity contribution in [3.8, 4) is 17.2 Å². The Balaban J connectivity index is 0.000000429. The molecule has 0 saturated carbocycles. The predicted molar refractivity (Wildman–Crippen MR) is 104 cm³/mol. The Morgan fingerprint density at radius 2 is 0.645 bits per heavy atom. The molecule has 0 N–H and O–H groups in total. The maximum atomic E-state index is 9.98. The van der Waals surface area contributed by atoms with E-state index < -0.39 is 24.8 Å². The van der Waals surface area contributed by atoms with Gasteiger partial charge in [-0.3, -0.25) is 13.6 Å². The normalized spacial score (nSPS) is 10.4. The molecule has 9 nitrogen and oxygen atoms in total. The number of hydrogen-bond acceptors (Lipinski definition) is 9. The van der Waals surface area contributed by atoms with Crippen LogP contribution in [0, 0.1) is 0 Å². The average molecular weight is 520 g/mol. The van der Waals surface area contributed by atoms with Gasteiger partial charge in [-0.25, -0.2) is 0 Å². The van der Waals surface area contributed by atoms with E-state index in [-0.39, 0.29) is 17.4 Å². The predicted octanol–water partition coefficient (Wildman–Crippen LogP) is 3.25. The van der Waals surface area contributed by atoms with E-state index in [1.54, 1.807) is 91.0 Å². The number of hydrogen-bond donors (Lipinski definition) is 0.